The predicted octanol–water partition coefficient (Wildman–Crippen LogP) is 11.5. The molecule has 35 heavy (non-hydrogen) atoms. The minimum atomic E-state index is -0.160. The molecule has 0 spiro atoms. The fraction of sp³-hybridized carbons (Fsp3) is 0.200. The first kappa shape index (κ1) is 26.5. The van der Waals surface area contributed by atoms with Crippen molar-refractivity contribution in [2.45, 2.75) is 37.2 Å². The molecule has 5 heteroatoms. The van der Waals surface area contributed by atoms with E-state index in [1.54, 1.807) is 12.1 Å². The van der Waals surface area contributed by atoms with Crippen LogP contribution in [0.15, 0.2) is 84.9 Å². The zero-order chi connectivity index (χ0) is 25.4. The van der Waals surface area contributed by atoms with Crippen molar-refractivity contribution in [3.63, 3.8) is 0 Å². The van der Waals surface area contributed by atoms with Crippen LogP contribution in [-0.4, -0.2) is 0 Å². The third kappa shape index (κ3) is 6.04. The van der Waals surface area contributed by atoms with Gasteiger partial charge in [-0.2, -0.15) is 0 Å². The van der Waals surface area contributed by atoms with Gasteiger partial charge in [-0.05, 0) is 86.3 Å². The molecule has 4 aromatic rings. The Morgan fingerprint density at radius 3 is 1.29 bits per heavy atom. The maximum absolute atomic E-state index is 6.50. The van der Waals surface area contributed by atoms with E-state index in [0.717, 1.165) is 22.3 Å². The fourth-order valence-electron chi connectivity index (χ4n) is 4.33. The second-order valence-electron chi connectivity index (χ2n) is 9.53. The monoisotopic (exact) mass is 558 g/mol. The summed E-state index contributed by atoms with van der Waals surface area (Å²) in [6.45, 7) is 9.06. The number of rotatable bonds is 6. The van der Waals surface area contributed by atoms with Crippen molar-refractivity contribution in [1.82, 2.24) is 0 Å². The molecule has 4 aromatic carbocycles. The van der Waals surface area contributed by atoms with Gasteiger partial charge in [-0.25, -0.2) is 0 Å². The molecule has 180 valence electrons. The largest absolute Gasteiger partial charge is 0.140 e. The minimum absolute atomic E-state index is 0.160. The van der Waals surface area contributed by atoms with Crippen molar-refractivity contribution in [3.8, 4) is 22.3 Å². The van der Waals surface area contributed by atoms with E-state index < -0.39 is 0 Å². The molecule has 0 fully saturated rings. The maximum atomic E-state index is 6.50. The molecule has 0 unspecified atom stereocenters. The molecular weight excluding hydrogens is 534 g/mol. The molecule has 4 rings (SSSR count). The summed E-state index contributed by atoms with van der Waals surface area (Å²) >= 11 is 27.1. The summed E-state index contributed by atoms with van der Waals surface area (Å²) in [6, 6.07) is 28.4. The third-order valence-corrected chi connectivity index (χ3v) is 8.70. The number of halogens is 4. The zero-order valence-electron chi connectivity index (χ0n) is 20.0. The molecule has 0 aliphatic heterocycles. The molecular formula is C30H26Cl4S. The van der Waals surface area contributed by atoms with Gasteiger partial charge in [0.1, 0.15) is 0 Å². The van der Waals surface area contributed by atoms with Gasteiger partial charge in [0.2, 0.25) is 0 Å². The summed E-state index contributed by atoms with van der Waals surface area (Å²) in [7, 11) is 0. The summed E-state index contributed by atoms with van der Waals surface area (Å²) < 4.78 is -0.321. The first-order valence-corrected chi connectivity index (χ1v) is 13.6. The summed E-state index contributed by atoms with van der Waals surface area (Å²) in [6.07, 6.45) is 0. The van der Waals surface area contributed by atoms with E-state index in [4.69, 9.17) is 46.4 Å². The van der Waals surface area contributed by atoms with E-state index in [1.165, 1.54) is 11.1 Å². The van der Waals surface area contributed by atoms with Crippen molar-refractivity contribution in [1.29, 1.82) is 0 Å². The second kappa shape index (κ2) is 10.4. The molecule has 0 atom stereocenters. The van der Waals surface area contributed by atoms with Crippen LogP contribution in [0.3, 0.4) is 0 Å². The average Bonchev–Trinajstić information content (AvgIpc) is 2.79. The Morgan fingerprint density at radius 1 is 0.514 bits per heavy atom. The van der Waals surface area contributed by atoms with Crippen LogP contribution >= 0.6 is 58.2 Å². The normalized spacial score (nSPS) is 12.1. The Bertz CT molecular complexity index is 1270. The quantitative estimate of drug-likeness (QED) is 0.226. The summed E-state index contributed by atoms with van der Waals surface area (Å²) in [5.41, 5.74) is 6.58. The third-order valence-electron chi connectivity index (χ3n) is 6.11. The lowest BCUT2D eigenvalue weighted by atomic mass is 9.96. The topological polar surface area (TPSA) is 0 Å². The van der Waals surface area contributed by atoms with Crippen LogP contribution in [0.2, 0.25) is 20.1 Å². The van der Waals surface area contributed by atoms with Crippen LogP contribution in [0, 0.1) is 0 Å². The fourth-order valence-corrected chi connectivity index (χ4v) is 7.13. The molecule has 0 radical (unpaired) electrons. The van der Waals surface area contributed by atoms with Gasteiger partial charge in [-0.1, -0.05) is 94.9 Å². The number of thioether (sulfide) groups is 1. The van der Waals surface area contributed by atoms with E-state index in [-0.39, 0.29) is 9.49 Å². The first-order chi connectivity index (χ1) is 16.5. The van der Waals surface area contributed by atoms with Crippen LogP contribution in [0.5, 0.6) is 0 Å². The lowest BCUT2D eigenvalue weighted by Crippen LogP contribution is -2.23. The van der Waals surface area contributed by atoms with Crippen molar-refractivity contribution < 1.29 is 0 Å². The van der Waals surface area contributed by atoms with Gasteiger partial charge in [-0.15, -0.1) is 11.8 Å². The standard InChI is InChI=1S/C30H26Cl4S/c1-29(2,21-9-5-7-19(15-21)25-13-11-23(31)17-27(25)33)35-30(3,4)22-10-6-8-20(16-22)26-14-12-24(32)18-28(26)34/h5-18H,1-4H3. The Hall–Kier alpha value is -1.61. The van der Waals surface area contributed by atoms with Gasteiger partial charge in [-0.3, -0.25) is 0 Å². The highest BCUT2D eigenvalue weighted by atomic mass is 35.5. The molecule has 0 saturated carbocycles. The summed E-state index contributed by atoms with van der Waals surface area (Å²) in [5.74, 6) is 0. The van der Waals surface area contributed by atoms with Crippen molar-refractivity contribution in [2.24, 2.45) is 0 Å². The average molecular weight is 560 g/mol. The molecule has 0 bridgehead atoms. The van der Waals surface area contributed by atoms with E-state index in [9.17, 15) is 0 Å². The van der Waals surface area contributed by atoms with Gasteiger partial charge in [0, 0.05) is 40.7 Å². The molecule has 0 aliphatic rings. The molecule has 0 saturated heterocycles. The summed E-state index contributed by atoms with van der Waals surface area (Å²) in [4.78, 5) is 0. The Balaban J connectivity index is 1.64. The zero-order valence-corrected chi connectivity index (χ0v) is 23.8. The van der Waals surface area contributed by atoms with Crippen LogP contribution in [0.1, 0.15) is 38.8 Å². The van der Waals surface area contributed by atoms with E-state index in [0.29, 0.717) is 20.1 Å². The predicted molar refractivity (Wildman–Crippen MR) is 157 cm³/mol. The van der Waals surface area contributed by atoms with Gasteiger partial charge >= 0.3 is 0 Å². The van der Waals surface area contributed by atoms with Gasteiger partial charge in [0.15, 0.2) is 0 Å². The van der Waals surface area contributed by atoms with Gasteiger partial charge in [0.25, 0.3) is 0 Å². The highest BCUT2D eigenvalue weighted by Crippen LogP contribution is 2.50. The minimum Gasteiger partial charge on any atom is -0.140 e. The molecule has 0 aromatic heterocycles. The van der Waals surface area contributed by atoms with Crippen LogP contribution < -0.4 is 0 Å². The maximum Gasteiger partial charge on any atom is 0.0499 e. The van der Waals surface area contributed by atoms with Gasteiger partial charge in [0.05, 0.1) is 0 Å². The Morgan fingerprint density at radius 2 is 0.914 bits per heavy atom. The number of hydrogen-bond acceptors (Lipinski definition) is 1. The molecule has 0 amide bonds. The van der Waals surface area contributed by atoms with Crippen LogP contribution in [-0.2, 0) is 9.49 Å². The number of benzene rings is 4. The lowest BCUT2D eigenvalue weighted by Gasteiger charge is -2.36. The molecule has 0 N–H and O–H groups in total. The molecule has 0 aliphatic carbocycles. The Kier molecular flexibility index (Phi) is 7.86. The van der Waals surface area contributed by atoms with E-state index in [2.05, 4.69) is 76.2 Å². The van der Waals surface area contributed by atoms with Crippen molar-refractivity contribution in [2.75, 3.05) is 0 Å². The van der Waals surface area contributed by atoms with Crippen LogP contribution in [0.25, 0.3) is 22.3 Å². The Labute approximate surface area is 232 Å². The number of hydrogen-bond donors (Lipinski definition) is 0. The van der Waals surface area contributed by atoms with Crippen molar-refractivity contribution >= 4 is 58.2 Å². The van der Waals surface area contributed by atoms with Crippen molar-refractivity contribution in [3.05, 3.63) is 116 Å². The SMILES string of the molecule is CC(C)(SC(C)(C)c1cccc(-c2ccc(Cl)cc2Cl)c1)c1cccc(-c2ccc(Cl)cc2Cl)c1. The van der Waals surface area contributed by atoms with Crippen LogP contribution in [0.4, 0.5) is 0 Å². The first-order valence-electron chi connectivity index (χ1n) is 11.3. The summed E-state index contributed by atoms with van der Waals surface area (Å²) in [5, 5.41) is 2.57. The highest BCUT2D eigenvalue weighted by molar-refractivity contribution is 8.01. The molecule has 0 heterocycles. The smallest absolute Gasteiger partial charge is 0.0499 e. The lowest BCUT2D eigenvalue weighted by molar-refractivity contribution is 0.717. The molecule has 0 nitrogen and oxygen atoms in total. The van der Waals surface area contributed by atoms with Gasteiger partial charge < -0.3 is 0 Å². The second-order valence-corrected chi connectivity index (χ2v) is 13.5. The van der Waals surface area contributed by atoms with E-state index >= 15 is 0 Å². The van der Waals surface area contributed by atoms with E-state index in [1.807, 2.05) is 36.0 Å². The highest BCUT2D eigenvalue weighted by Gasteiger charge is 2.32.